The van der Waals surface area contributed by atoms with Crippen LogP contribution in [0.5, 0.6) is 11.5 Å². The number of carbonyl (C=O) groups is 3. The number of rotatable bonds is 6. The zero-order valence-corrected chi connectivity index (χ0v) is 14.0. The lowest BCUT2D eigenvalue weighted by molar-refractivity contribution is -0.136. The number of urea groups is 1. The molecule has 1 aliphatic rings. The van der Waals surface area contributed by atoms with Gasteiger partial charge in [0.1, 0.15) is 0 Å². The van der Waals surface area contributed by atoms with E-state index in [4.69, 9.17) is 19.9 Å². The molecule has 1 atom stereocenters. The highest BCUT2D eigenvalue weighted by Crippen LogP contribution is 2.34. The average molecular weight is 349 g/mol. The van der Waals surface area contributed by atoms with E-state index in [9.17, 15) is 14.4 Å². The summed E-state index contributed by atoms with van der Waals surface area (Å²) in [6, 6.07) is 3.65. The minimum absolute atomic E-state index is 0.273. The van der Waals surface area contributed by atoms with E-state index in [1.807, 2.05) is 0 Å². The molecule has 1 aromatic carbocycles. The first kappa shape index (κ1) is 18.1. The number of amides is 3. The number of hydrogen-bond donors (Lipinski definition) is 3. The van der Waals surface area contributed by atoms with Crippen molar-refractivity contribution in [2.75, 3.05) is 20.8 Å². The number of ether oxygens (including phenoxy) is 3. The molecular formula is C16H19N3O6. The van der Waals surface area contributed by atoms with E-state index in [2.05, 4.69) is 10.6 Å². The minimum Gasteiger partial charge on any atom is -0.493 e. The summed E-state index contributed by atoms with van der Waals surface area (Å²) in [6.07, 6.45) is 0. The Morgan fingerprint density at radius 3 is 2.56 bits per heavy atom. The van der Waals surface area contributed by atoms with E-state index >= 15 is 0 Å². The molecule has 1 unspecified atom stereocenters. The highest BCUT2D eigenvalue weighted by atomic mass is 16.5. The first-order valence-corrected chi connectivity index (χ1v) is 7.33. The second kappa shape index (κ2) is 7.56. The molecule has 1 heterocycles. The van der Waals surface area contributed by atoms with Gasteiger partial charge in [0.2, 0.25) is 0 Å². The summed E-state index contributed by atoms with van der Waals surface area (Å²) in [5, 5.41) is 5.21. The average Bonchev–Trinajstić information content (AvgIpc) is 2.58. The fraction of sp³-hybridized carbons (Fsp3) is 0.312. The van der Waals surface area contributed by atoms with Crippen LogP contribution in [0.4, 0.5) is 4.79 Å². The van der Waals surface area contributed by atoms with Crippen LogP contribution < -0.4 is 25.8 Å². The molecule has 25 heavy (non-hydrogen) atoms. The Bertz CT molecular complexity index is 743. The van der Waals surface area contributed by atoms with Gasteiger partial charge in [0.15, 0.2) is 18.1 Å². The molecule has 3 amide bonds. The van der Waals surface area contributed by atoms with Gasteiger partial charge >= 0.3 is 12.0 Å². The van der Waals surface area contributed by atoms with E-state index in [0.717, 1.165) is 0 Å². The Hall–Kier alpha value is -3.23. The van der Waals surface area contributed by atoms with Crippen molar-refractivity contribution >= 4 is 17.9 Å². The van der Waals surface area contributed by atoms with E-state index in [1.165, 1.54) is 14.2 Å². The lowest BCUT2D eigenvalue weighted by Crippen LogP contribution is -2.45. The molecule has 134 valence electrons. The normalized spacial score (nSPS) is 16.6. The van der Waals surface area contributed by atoms with Gasteiger partial charge in [0.05, 0.1) is 25.8 Å². The predicted molar refractivity (Wildman–Crippen MR) is 86.8 cm³/mol. The number of esters is 1. The Morgan fingerprint density at radius 2 is 1.96 bits per heavy atom. The smallest absolute Gasteiger partial charge is 0.337 e. The fourth-order valence-corrected chi connectivity index (χ4v) is 2.46. The minimum atomic E-state index is -0.722. The molecule has 0 aliphatic carbocycles. The maximum Gasteiger partial charge on any atom is 0.337 e. The summed E-state index contributed by atoms with van der Waals surface area (Å²) >= 11 is 0. The van der Waals surface area contributed by atoms with Crippen molar-refractivity contribution in [1.82, 2.24) is 10.6 Å². The zero-order chi connectivity index (χ0) is 18.6. The van der Waals surface area contributed by atoms with Crippen molar-refractivity contribution in [3.05, 3.63) is 35.0 Å². The second-order valence-electron chi connectivity index (χ2n) is 5.23. The van der Waals surface area contributed by atoms with Crippen LogP contribution in [0.25, 0.3) is 0 Å². The lowest BCUT2D eigenvalue weighted by Gasteiger charge is -2.28. The van der Waals surface area contributed by atoms with Crippen LogP contribution in [0.15, 0.2) is 29.5 Å². The topological polar surface area (TPSA) is 129 Å². The van der Waals surface area contributed by atoms with Crippen molar-refractivity contribution in [3.63, 3.8) is 0 Å². The first-order valence-electron chi connectivity index (χ1n) is 7.33. The zero-order valence-electron chi connectivity index (χ0n) is 14.0. The third-order valence-corrected chi connectivity index (χ3v) is 3.57. The maximum atomic E-state index is 12.1. The summed E-state index contributed by atoms with van der Waals surface area (Å²) in [5.74, 6) is -0.551. The van der Waals surface area contributed by atoms with Crippen LogP contribution in [0.1, 0.15) is 18.5 Å². The number of nitrogens with one attached hydrogen (secondary N) is 2. The molecule has 4 N–H and O–H groups in total. The third kappa shape index (κ3) is 4.00. The number of hydrogen-bond acceptors (Lipinski definition) is 6. The molecule has 2 rings (SSSR count). The summed E-state index contributed by atoms with van der Waals surface area (Å²) in [4.78, 5) is 34.7. The second-order valence-corrected chi connectivity index (χ2v) is 5.23. The molecular weight excluding hydrogens is 330 g/mol. The van der Waals surface area contributed by atoms with Gasteiger partial charge in [-0.25, -0.2) is 9.59 Å². The van der Waals surface area contributed by atoms with Gasteiger partial charge in [-0.3, -0.25) is 4.79 Å². The highest BCUT2D eigenvalue weighted by molar-refractivity contribution is 5.95. The van der Waals surface area contributed by atoms with Gasteiger partial charge in [-0.15, -0.1) is 0 Å². The molecule has 0 radical (unpaired) electrons. The van der Waals surface area contributed by atoms with Gasteiger partial charge in [-0.2, -0.15) is 0 Å². The Kier molecular flexibility index (Phi) is 5.48. The Morgan fingerprint density at radius 1 is 1.24 bits per heavy atom. The molecule has 9 nitrogen and oxygen atoms in total. The van der Waals surface area contributed by atoms with Gasteiger partial charge in [-0.05, 0) is 24.6 Å². The van der Waals surface area contributed by atoms with Crippen molar-refractivity contribution in [3.8, 4) is 11.5 Å². The molecule has 0 saturated heterocycles. The summed E-state index contributed by atoms with van der Waals surface area (Å²) in [5.41, 5.74) is 6.31. The molecule has 0 fully saturated rings. The number of nitrogens with two attached hydrogens (primary N) is 1. The molecule has 9 heteroatoms. The van der Waals surface area contributed by atoms with Crippen molar-refractivity contribution in [1.29, 1.82) is 0 Å². The molecule has 0 bridgehead atoms. The quantitative estimate of drug-likeness (QED) is 0.636. The standard InChI is InChI=1S/C16H19N3O6/c1-8-13(15(21)24-3)14(19-16(22)18-8)9-4-5-10(11(6-9)23-2)25-7-12(17)20/h4-6,14H,7H2,1-3H3,(H2,17,20)(H2,18,19,22). The highest BCUT2D eigenvalue weighted by Gasteiger charge is 2.32. The molecule has 0 spiro atoms. The van der Waals surface area contributed by atoms with Gasteiger partial charge in [-0.1, -0.05) is 6.07 Å². The van der Waals surface area contributed by atoms with Crippen molar-refractivity contribution < 1.29 is 28.6 Å². The van der Waals surface area contributed by atoms with Gasteiger partial charge in [0.25, 0.3) is 5.91 Å². The molecule has 0 aromatic heterocycles. The number of benzene rings is 1. The monoisotopic (exact) mass is 349 g/mol. The number of primary amides is 1. The van der Waals surface area contributed by atoms with E-state index in [1.54, 1.807) is 25.1 Å². The Labute approximate surface area is 144 Å². The fourth-order valence-electron chi connectivity index (χ4n) is 2.46. The van der Waals surface area contributed by atoms with Crippen LogP contribution in [-0.2, 0) is 14.3 Å². The predicted octanol–water partition coefficient (Wildman–Crippen LogP) is 0.360. The SMILES string of the molecule is COC(=O)C1=C(C)NC(=O)NC1c1ccc(OCC(N)=O)c(OC)c1. The third-order valence-electron chi connectivity index (χ3n) is 3.57. The number of carbonyl (C=O) groups excluding carboxylic acids is 3. The van der Waals surface area contributed by atoms with E-state index in [-0.39, 0.29) is 12.2 Å². The van der Waals surface area contributed by atoms with Crippen LogP contribution in [0, 0.1) is 0 Å². The molecule has 1 aliphatic heterocycles. The Balaban J connectivity index is 2.41. The van der Waals surface area contributed by atoms with Crippen molar-refractivity contribution in [2.24, 2.45) is 5.73 Å². The molecule has 0 saturated carbocycles. The lowest BCUT2D eigenvalue weighted by atomic mass is 9.95. The van der Waals surface area contributed by atoms with E-state index in [0.29, 0.717) is 22.8 Å². The van der Waals surface area contributed by atoms with E-state index < -0.39 is 23.9 Å². The summed E-state index contributed by atoms with van der Waals surface area (Å²) in [6.45, 7) is 1.31. The summed E-state index contributed by atoms with van der Waals surface area (Å²) < 4.78 is 15.3. The van der Waals surface area contributed by atoms with Gasteiger partial charge < -0.3 is 30.6 Å². The van der Waals surface area contributed by atoms with Crippen LogP contribution in [0.2, 0.25) is 0 Å². The number of allylic oxidation sites excluding steroid dienone is 1. The van der Waals surface area contributed by atoms with Crippen LogP contribution in [-0.4, -0.2) is 38.7 Å². The van der Waals surface area contributed by atoms with Gasteiger partial charge in [0, 0.05) is 5.70 Å². The summed E-state index contributed by atoms with van der Waals surface area (Å²) in [7, 11) is 2.69. The number of methoxy groups -OCH3 is 2. The largest absolute Gasteiger partial charge is 0.493 e. The maximum absolute atomic E-state index is 12.1. The van der Waals surface area contributed by atoms with Crippen LogP contribution >= 0.6 is 0 Å². The first-order chi connectivity index (χ1) is 11.9. The van der Waals surface area contributed by atoms with Crippen LogP contribution in [0.3, 0.4) is 0 Å². The van der Waals surface area contributed by atoms with Crippen molar-refractivity contribution in [2.45, 2.75) is 13.0 Å². The molecule has 1 aromatic rings.